The maximum absolute atomic E-state index is 11.4. The second-order valence-corrected chi connectivity index (χ2v) is 6.76. The lowest BCUT2D eigenvalue weighted by atomic mass is 9.93. The van der Waals surface area contributed by atoms with Gasteiger partial charge in [0.2, 0.25) is 9.84 Å². The predicted octanol–water partition coefficient (Wildman–Crippen LogP) is 0.758. The predicted molar refractivity (Wildman–Crippen MR) is 59.1 cm³/mol. The number of fused-ring (bicyclic) bond motifs is 1. The third-order valence-electron chi connectivity index (χ3n) is 2.26. The van der Waals surface area contributed by atoms with Gasteiger partial charge in [-0.25, -0.2) is 8.42 Å². The minimum absolute atomic E-state index is 0.0574. The number of aromatic nitrogens is 4. The monoisotopic (exact) mass is 242 g/mol. The van der Waals surface area contributed by atoms with Crippen molar-refractivity contribution in [2.45, 2.75) is 31.3 Å². The van der Waals surface area contributed by atoms with E-state index in [1.54, 1.807) is 0 Å². The van der Waals surface area contributed by atoms with Gasteiger partial charge in [-0.1, -0.05) is 20.8 Å². The molecule has 0 unspecified atom stereocenters. The molecule has 0 aromatic carbocycles. The molecule has 0 aliphatic carbocycles. The van der Waals surface area contributed by atoms with E-state index in [0.29, 0.717) is 5.65 Å². The summed E-state index contributed by atoms with van der Waals surface area (Å²) in [4.78, 5) is 0. The summed E-state index contributed by atoms with van der Waals surface area (Å²) >= 11 is 0. The van der Waals surface area contributed by atoms with Crippen LogP contribution in [-0.2, 0) is 15.3 Å². The summed E-state index contributed by atoms with van der Waals surface area (Å²) in [6.45, 7) is 6.05. The van der Waals surface area contributed by atoms with Crippen molar-refractivity contribution in [1.29, 1.82) is 0 Å². The van der Waals surface area contributed by atoms with E-state index < -0.39 is 9.84 Å². The van der Waals surface area contributed by atoms with Gasteiger partial charge >= 0.3 is 0 Å². The third kappa shape index (κ3) is 1.71. The van der Waals surface area contributed by atoms with E-state index in [1.807, 2.05) is 26.8 Å². The minimum atomic E-state index is -3.36. The normalized spacial score (nSPS) is 13.5. The Morgan fingerprint density at radius 3 is 2.50 bits per heavy atom. The van der Waals surface area contributed by atoms with Crippen LogP contribution in [0.5, 0.6) is 0 Å². The summed E-state index contributed by atoms with van der Waals surface area (Å²) in [6, 6.07) is 1.81. The summed E-state index contributed by atoms with van der Waals surface area (Å²) in [7, 11) is -3.36. The molecule has 2 rings (SSSR count). The van der Waals surface area contributed by atoms with Gasteiger partial charge in [-0.2, -0.15) is 9.61 Å². The van der Waals surface area contributed by atoms with Crippen LogP contribution >= 0.6 is 0 Å². The summed E-state index contributed by atoms with van der Waals surface area (Å²) < 4.78 is 24.2. The highest BCUT2D eigenvalue weighted by Gasteiger charge is 2.22. The maximum atomic E-state index is 11.4. The van der Waals surface area contributed by atoms with Crippen molar-refractivity contribution in [2.75, 3.05) is 6.26 Å². The second kappa shape index (κ2) is 3.07. The quantitative estimate of drug-likeness (QED) is 0.800. The van der Waals surface area contributed by atoms with E-state index in [0.717, 1.165) is 11.9 Å². The zero-order valence-electron chi connectivity index (χ0n) is 9.64. The van der Waals surface area contributed by atoms with Crippen molar-refractivity contribution in [3.05, 3.63) is 11.8 Å². The van der Waals surface area contributed by atoms with Crippen LogP contribution in [0.15, 0.2) is 11.2 Å². The molecule has 6 nitrogen and oxygen atoms in total. The molecule has 0 aliphatic rings. The summed E-state index contributed by atoms with van der Waals surface area (Å²) in [5, 5.41) is 10.6. The molecule has 0 fully saturated rings. The van der Waals surface area contributed by atoms with Crippen LogP contribution in [-0.4, -0.2) is 34.5 Å². The van der Waals surface area contributed by atoms with E-state index in [-0.39, 0.29) is 10.6 Å². The average Bonchev–Trinajstić information content (AvgIpc) is 2.53. The Hall–Kier alpha value is -1.37. The van der Waals surface area contributed by atoms with Gasteiger partial charge in [0.05, 0.1) is 5.69 Å². The lowest BCUT2D eigenvalue weighted by Gasteiger charge is -2.13. The Balaban J connectivity index is 2.70. The first-order valence-electron chi connectivity index (χ1n) is 4.84. The molecular weight excluding hydrogens is 228 g/mol. The Bertz CT molecular complexity index is 630. The molecule has 7 heteroatoms. The molecular formula is C9H14N4O2S. The first kappa shape index (κ1) is 11.1. The van der Waals surface area contributed by atoms with E-state index in [2.05, 4.69) is 15.3 Å². The molecule has 0 amide bonds. The molecule has 16 heavy (non-hydrogen) atoms. The summed E-state index contributed by atoms with van der Waals surface area (Å²) in [6.07, 6.45) is 1.11. The Labute approximate surface area is 93.6 Å². The number of nitrogens with one attached hydrogen (secondary N) is 1. The minimum Gasteiger partial charge on any atom is -0.258 e. The number of hydrogen-bond donors (Lipinski definition) is 1. The van der Waals surface area contributed by atoms with Crippen molar-refractivity contribution >= 4 is 15.5 Å². The van der Waals surface area contributed by atoms with Gasteiger partial charge in [-0.3, -0.25) is 5.10 Å². The van der Waals surface area contributed by atoms with Crippen LogP contribution in [0.3, 0.4) is 0 Å². The molecule has 2 heterocycles. The Morgan fingerprint density at radius 2 is 2.00 bits per heavy atom. The molecule has 0 saturated carbocycles. The van der Waals surface area contributed by atoms with Gasteiger partial charge in [0.25, 0.3) is 5.16 Å². The summed E-state index contributed by atoms with van der Waals surface area (Å²) in [5.41, 5.74) is 1.29. The lowest BCUT2D eigenvalue weighted by Crippen LogP contribution is -2.13. The molecule has 0 saturated heterocycles. The smallest absolute Gasteiger partial charge is 0.258 e. The lowest BCUT2D eigenvalue weighted by molar-refractivity contribution is 0.552. The number of aromatic amines is 1. The molecule has 0 bridgehead atoms. The van der Waals surface area contributed by atoms with Crippen LogP contribution in [0.1, 0.15) is 26.5 Å². The maximum Gasteiger partial charge on any atom is 0.267 e. The van der Waals surface area contributed by atoms with Crippen LogP contribution in [0.25, 0.3) is 5.65 Å². The molecule has 0 spiro atoms. The highest BCUT2D eigenvalue weighted by molar-refractivity contribution is 7.90. The fraction of sp³-hybridized carbons (Fsp3) is 0.556. The number of rotatable bonds is 1. The number of hydrogen-bond acceptors (Lipinski definition) is 4. The zero-order valence-corrected chi connectivity index (χ0v) is 10.5. The van der Waals surface area contributed by atoms with Crippen molar-refractivity contribution in [3.63, 3.8) is 0 Å². The van der Waals surface area contributed by atoms with Gasteiger partial charge in [-0.15, -0.1) is 5.10 Å². The van der Waals surface area contributed by atoms with Crippen LogP contribution in [0.4, 0.5) is 0 Å². The number of H-pyrrole nitrogens is 1. The topological polar surface area (TPSA) is 80.1 Å². The average molecular weight is 242 g/mol. The largest absolute Gasteiger partial charge is 0.267 e. The standard InChI is InChI=1S/C9H14N4O2S/c1-9(2,3)6-5-7-10-11-8(13(7)12-6)16(4,14)15/h5,10H,1-4H3. The molecule has 0 radical (unpaired) electrons. The fourth-order valence-corrected chi connectivity index (χ4v) is 2.03. The van der Waals surface area contributed by atoms with Gasteiger partial charge in [-0.05, 0) is 0 Å². The third-order valence-corrected chi connectivity index (χ3v) is 3.18. The zero-order chi connectivity index (χ0) is 12.1. The van der Waals surface area contributed by atoms with E-state index >= 15 is 0 Å². The Kier molecular flexibility index (Phi) is 2.13. The molecule has 88 valence electrons. The molecule has 2 aromatic rings. The van der Waals surface area contributed by atoms with Gasteiger partial charge in [0.15, 0.2) is 5.65 Å². The van der Waals surface area contributed by atoms with E-state index in [1.165, 1.54) is 4.52 Å². The fourth-order valence-electron chi connectivity index (χ4n) is 1.37. The van der Waals surface area contributed by atoms with Crippen molar-refractivity contribution in [1.82, 2.24) is 19.8 Å². The van der Waals surface area contributed by atoms with Crippen LogP contribution in [0, 0.1) is 0 Å². The first-order chi connectivity index (χ1) is 7.19. The van der Waals surface area contributed by atoms with Crippen LogP contribution < -0.4 is 0 Å². The van der Waals surface area contributed by atoms with Gasteiger partial charge in [0, 0.05) is 17.7 Å². The second-order valence-electron chi connectivity index (χ2n) is 4.85. The van der Waals surface area contributed by atoms with Crippen molar-refractivity contribution in [3.8, 4) is 0 Å². The SMILES string of the molecule is CC(C)(C)c1cc2[nH]nc(S(C)(=O)=O)n2n1. The molecule has 2 aromatic heterocycles. The number of sulfone groups is 1. The van der Waals surface area contributed by atoms with Crippen molar-refractivity contribution < 1.29 is 8.42 Å². The summed E-state index contributed by atoms with van der Waals surface area (Å²) in [5.74, 6) is 0. The number of nitrogens with zero attached hydrogens (tertiary/aromatic N) is 3. The highest BCUT2D eigenvalue weighted by Crippen LogP contribution is 2.22. The Morgan fingerprint density at radius 1 is 1.38 bits per heavy atom. The van der Waals surface area contributed by atoms with Gasteiger partial charge < -0.3 is 0 Å². The molecule has 0 atom stereocenters. The van der Waals surface area contributed by atoms with Gasteiger partial charge in [0.1, 0.15) is 0 Å². The molecule has 0 aliphatic heterocycles. The molecule has 1 N–H and O–H groups in total. The van der Waals surface area contributed by atoms with E-state index in [4.69, 9.17) is 0 Å². The highest BCUT2D eigenvalue weighted by atomic mass is 32.2. The van der Waals surface area contributed by atoms with E-state index in [9.17, 15) is 8.42 Å². The van der Waals surface area contributed by atoms with Crippen LogP contribution in [0.2, 0.25) is 0 Å². The van der Waals surface area contributed by atoms with Crippen molar-refractivity contribution in [2.24, 2.45) is 0 Å². The first-order valence-corrected chi connectivity index (χ1v) is 6.73.